The van der Waals surface area contributed by atoms with Gasteiger partial charge in [-0.05, 0) is 13.3 Å². The molecule has 1 aliphatic rings. The average Bonchev–Trinajstić information content (AvgIpc) is 2.60. The Morgan fingerprint density at radius 1 is 1.47 bits per heavy atom. The smallest absolute Gasteiger partial charge is 0.358 e. The minimum atomic E-state index is -4.37. The summed E-state index contributed by atoms with van der Waals surface area (Å²) in [5.41, 5.74) is 0.718. The third-order valence-corrected chi connectivity index (χ3v) is 2.79. The molecule has 1 aromatic rings. The van der Waals surface area contributed by atoms with E-state index >= 15 is 0 Å². The Bertz CT molecular complexity index is 477. The van der Waals surface area contributed by atoms with Crippen LogP contribution >= 0.6 is 0 Å². The normalized spacial score (nSPS) is 19.9. The van der Waals surface area contributed by atoms with Crippen molar-refractivity contribution in [2.45, 2.75) is 25.6 Å². The maximum Gasteiger partial charge on any atom is 0.406 e. The highest BCUT2D eigenvalue weighted by atomic mass is 19.4. The number of carbonyl (C=O) groups excluding carboxylic acids is 1. The van der Waals surface area contributed by atoms with E-state index in [1.165, 1.54) is 6.33 Å². The van der Waals surface area contributed by atoms with Gasteiger partial charge in [-0.25, -0.2) is 9.97 Å². The predicted molar refractivity (Wildman–Crippen MR) is 61.4 cm³/mol. The zero-order valence-electron chi connectivity index (χ0n) is 10.2. The molecule has 0 saturated carbocycles. The van der Waals surface area contributed by atoms with Crippen molar-refractivity contribution in [1.82, 2.24) is 14.9 Å². The van der Waals surface area contributed by atoms with Crippen LogP contribution in [0.3, 0.4) is 0 Å². The summed E-state index contributed by atoms with van der Waals surface area (Å²) in [5, 5.41) is 2.84. The summed E-state index contributed by atoms with van der Waals surface area (Å²) in [6, 6.07) is 0.983. The molecule has 8 heteroatoms. The fourth-order valence-corrected chi connectivity index (χ4v) is 1.96. The number of rotatable bonds is 3. The molecule has 2 rings (SSSR count). The minimum absolute atomic E-state index is 0.0973. The summed E-state index contributed by atoms with van der Waals surface area (Å²) in [7, 11) is 0. The van der Waals surface area contributed by atoms with E-state index < -0.39 is 24.7 Å². The largest absolute Gasteiger partial charge is 0.406 e. The summed E-state index contributed by atoms with van der Waals surface area (Å²) in [4.78, 5) is 20.4. The first-order valence-corrected chi connectivity index (χ1v) is 5.76. The second-order valence-corrected chi connectivity index (χ2v) is 4.41. The van der Waals surface area contributed by atoms with Crippen LogP contribution < -0.4 is 5.32 Å². The Hall–Kier alpha value is -1.86. The first kappa shape index (κ1) is 13.6. The molecule has 1 unspecified atom stereocenters. The molecule has 1 amide bonds. The van der Waals surface area contributed by atoms with Crippen molar-refractivity contribution < 1.29 is 18.0 Å². The van der Waals surface area contributed by atoms with Crippen molar-refractivity contribution >= 4 is 11.7 Å². The second-order valence-electron chi connectivity index (χ2n) is 4.41. The highest BCUT2D eigenvalue weighted by molar-refractivity contribution is 5.86. The molecular weight excluding hydrogens is 261 g/mol. The Labute approximate surface area is 107 Å². The van der Waals surface area contributed by atoms with Gasteiger partial charge in [0.15, 0.2) is 0 Å². The molecule has 19 heavy (non-hydrogen) atoms. The van der Waals surface area contributed by atoms with Gasteiger partial charge in [0.1, 0.15) is 24.7 Å². The number of nitrogens with one attached hydrogen (secondary N) is 1. The number of carbonyl (C=O) groups is 1. The number of hydrogen-bond donors (Lipinski definition) is 1. The number of halogens is 3. The van der Waals surface area contributed by atoms with Crippen LogP contribution in [0.5, 0.6) is 0 Å². The van der Waals surface area contributed by atoms with Gasteiger partial charge in [0.2, 0.25) is 5.91 Å². The number of alkyl halides is 3. The quantitative estimate of drug-likeness (QED) is 0.904. The zero-order chi connectivity index (χ0) is 14.0. The summed E-state index contributed by atoms with van der Waals surface area (Å²) >= 11 is 0. The first-order valence-electron chi connectivity index (χ1n) is 5.76. The Morgan fingerprint density at radius 3 is 2.84 bits per heavy atom. The molecule has 0 aliphatic carbocycles. The van der Waals surface area contributed by atoms with Crippen LogP contribution in [-0.4, -0.2) is 46.1 Å². The van der Waals surface area contributed by atoms with Crippen LogP contribution in [0.1, 0.15) is 12.1 Å². The SMILES string of the molecule is Cc1cc(NC2CCN(CC(F)(F)F)C2=O)ncn1. The molecule has 2 heterocycles. The van der Waals surface area contributed by atoms with Gasteiger partial charge >= 0.3 is 6.18 Å². The van der Waals surface area contributed by atoms with Gasteiger partial charge in [0.05, 0.1) is 0 Å². The minimum Gasteiger partial charge on any atom is -0.358 e. The molecule has 1 aromatic heterocycles. The zero-order valence-corrected chi connectivity index (χ0v) is 10.2. The molecule has 0 spiro atoms. The first-order chi connectivity index (χ1) is 8.85. The van der Waals surface area contributed by atoms with Gasteiger partial charge in [-0.15, -0.1) is 0 Å². The molecule has 1 saturated heterocycles. The average molecular weight is 274 g/mol. The van der Waals surface area contributed by atoms with E-state index in [4.69, 9.17) is 0 Å². The monoisotopic (exact) mass is 274 g/mol. The molecule has 1 atom stereocenters. The highest BCUT2D eigenvalue weighted by Gasteiger charge is 2.39. The number of nitrogens with zero attached hydrogens (tertiary/aromatic N) is 3. The molecule has 0 bridgehead atoms. The van der Waals surface area contributed by atoms with Crippen molar-refractivity contribution in [3.63, 3.8) is 0 Å². The number of anilines is 1. The lowest BCUT2D eigenvalue weighted by Crippen LogP contribution is -2.39. The third-order valence-electron chi connectivity index (χ3n) is 2.79. The lowest BCUT2D eigenvalue weighted by atomic mass is 10.2. The van der Waals surface area contributed by atoms with E-state index in [0.717, 1.165) is 10.6 Å². The van der Waals surface area contributed by atoms with Crippen molar-refractivity contribution in [3.05, 3.63) is 18.1 Å². The van der Waals surface area contributed by atoms with E-state index in [9.17, 15) is 18.0 Å². The van der Waals surface area contributed by atoms with Crippen LogP contribution in [0, 0.1) is 6.92 Å². The van der Waals surface area contributed by atoms with Crippen molar-refractivity contribution in [1.29, 1.82) is 0 Å². The molecular formula is C11H13F3N4O. The van der Waals surface area contributed by atoms with Crippen molar-refractivity contribution in [3.8, 4) is 0 Å². The van der Waals surface area contributed by atoms with Crippen LogP contribution in [0.2, 0.25) is 0 Å². The van der Waals surface area contributed by atoms with E-state index in [1.54, 1.807) is 13.0 Å². The van der Waals surface area contributed by atoms with Gasteiger partial charge in [-0.3, -0.25) is 4.79 Å². The maximum atomic E-state index is 12.3. The Morgan fingerprint density at radius 2 is 2.21 bits per heavy atom. The molecule has 104 valence electrons. The lowest BCUT2D eigenvalue weighted by molar-refractivity contribution is -0.157. The summed E-state index contributed by atoms with van der Waals surface area (Å²) < 4.78 is 36.8. The van der Waals surface area contributed by atoms with Gasteiger partial charge in [-0.1, -0.05) is 0 Å². The number of aromatic nitrogens is 2. The van der Waals surface area contributed by atoms with Gasteiger partial charge in [0.25, 0.3) is 0 Å². The molecule has 0 aromatic carbocycles. The van der Waals surface area contributed by atoms with Crippen molar-refractivity contribution in [2.75, 3.05) is 18.4 Å². The topological polar surface area (TPSA) is 58.1 Å². The second kappa shape index (κ2) is 5.02. The molecule has 1 aliphatic heterocycles. The van der Waals surface area contributed by atoms with Gasteiger partial charge in [-0.2, -0.15) is 13.2 Å². The summed E-state index contributed by atoms with van der Waals surface area (Å²) in [6.07, 6.45) is -2.70. The van der Waals surface area contributed by atoms with E-state index in [1.807, 2.05) is 0 Å². The van der Waals surface area contributed by atoms with Gasteiger partial charge < -0.3 is 10.2 Å². The van der Waals surface area contributed by atoms with E-state index in [0.29, 0.717) is 12.2 Å². The van der Waals surface area contributed by atoms with Crippen LogP contribution in [0.4, 0.5) is 19.0 Å². The number of aryl methyl sites for hydroxylation is 1. The molecule has 5 nitrogen and oxygen atoms in total. The van der Waals surface area contributed by atoms with Crippen LogP contribution in [0.15, 0.2) is 12.4 Å². The third kappa shape index (κ3) is 3.55. The standard InChI is InChI=1S/C11H13F3N4O/c1-7-4-9(16-6-15-7)17-8-2-3-18(10(8)19)5-11(12,13)14/h4,6,8H,2-3,5H2,1H3,(H,15,16,17). The predicted octanol–water partition coefficient (Wildman–Crippen LogP) is 1.36. The number of likely N-dealkylation sites (tertiary alicyclic amines) is 1. The maximum absolute atomic E-state index is 12.3. The molecule has 1 N–H and O–H groups in total. The van der Waals surface area contributed by atoms with Gasteiger partial charge in [0, 0.05) is 18.3 Å². The number of amides is 1. The fraction of sp³-hybridized carbons (Fsp3) is 0.545. The Kier molecular flexibility index (Phi) is 3.59. The number of hydrogen-bond acceptors (Lipinski definition) is 4. The summed E-state index contributed by atoms with van der Waals surface area (Å²) in [6.45, 7) is 0.659. The highest BCUT2D eigenvalue weighted by Crippen LogP contribution is 2.22. The fourth-order valence-electron chi connectivity index (χ4n) is 1.96. The Balaban J connectivity index is 1.98. The van der Waals surface area contributed by atoms with E-state index in [2.05, 4.69) is 15.3 Å². The van der Waals surface area contributed by atoms with Crippen LogP contribution in [-0.2, 0) is 4.79 Å². The lowest BCUT2D eigenvalue weighted by Gasteiger charge is -2.18. The molecule has 0 radical (unpaired) electrons. The van der Waals surface area contributed by atoms with Crippen molar-refractivity contribution in [2.24, 2.45) is 0 Å². The van der Waals surface area contributed by atoms with E-state index in [-0.39, 0.29) is 6.54 Å². The van der Waals surface area contributed by atoms with Crippen LogP contribution in [0.25, 0.3) is 0 Å². The summed E-state index contributed by atoms with van der Waals surface area (Å²) in [5.74, 6) is -0.103. The molecule has 1 fully saturated rings.